The number of rotatable bonds is 4. The van der Waals surface area contributed by atoms with E-state index in [1.165, 1.54) is 43.2 Å². The van der Waals surface area contributed by atoms with Crippen molar-refractivity contribution in [2.75, 3.05) is 6.54 Å². The van der Waals surface area contributed by atoms with Crippen LogP contribution in [0.2, 0.25) is 0 Å². The summed E-state index contributed by atoms with van der Waals surface area (Å²) in [6.07, 6.45) is 6.81. The van der Waals surface area contributed by atoms with E-state index >= 15 is 0 Å². The highest BCUT2D eigenvalue weighted by Crippen LogP contribution is 2.33. The Labute approximate surface area is 130 Å². The summed E-state index contributed by atoms with van der Waals surface area (Å²) < 4.78 is 0. The fourth-order valence-electron chi connectivity index (χ4n) is 3.03. The van der Waals surface area contributed by atoms with Gasteiger partial charge in [0, 0.05) is 27.9 Å². The molecule has 1 saturated carbocycles. The van der Waals surface area contributed by atoms with Crippen LogP contribution in [0.5, 0.6) is 0 Å². The Bertz CT molecular complexity index is 447. The van der Waals surface area contributed by atoms with E-state index < -0.39 is 0 Å². The highest BCUT2D eigenvalue weighted by molar-refractivity contribution is 9.18. The molecule has 0 bridgehead atoms. The van der Waals surface area contributed by atoms with Gasteiger partial charge in [-0.15, -0.1) is 0 Å². The minimum Gasteiger partial charge on any atom is -0.346 e. The number of hydrogen-bond acceptors (Lipinski definition) is 1. The first-order valence-electron chi connectivity index (χ1n) is 7.53. The van der Waals surface area contributed by atoms with Crippen LogP contribution in [0.3, 0.4) is 0 Å². The third-order valence-electron chi connectivity index (χ3n) is 4.44. The van der Waals surface area contributed by atoms with Gasteiger partial charge in [0.05, 0.1) is 0 Å². The first kappa shape index (κ1) is 15.6. The lowest BCUT2D eigenvalue weighted by atomic mass is 9.80. The summed E-state index contributed by atoms with van der Waals surface area (Å²) in [4.78, 5) is 10.8. The zero-order valence-corrected chi connectivity index (χ0v) is 14.0. The Morgan fingerprint density at radius 2 is 1.80 bits per heavy atom. The lowest BCUT2D eigenvalue weighted by Crippen LogP contribution is -2.34. The fraction of sp³-hybridized carbons (Fsp3) is 0.588. The van der Waals surface area contributed by atoms with Gasteiger partial charge in [-0.1, -0.05) is 57.4 Å². The average Bonchev–Trinajstić information content (AvgIpc) is 2.46. The molecule has 0 unspecified atom stereocenters. The fourth-order valence-corrected chi connectivity index (χ4v) is 3.18. The van der Waals surface area contributed by atoms with Gasteiger partial charge in [-0.3, -0.25) is 4.79 Å². The van der Waals surface area contributed by atoms with Gasteiger partial charge in [-0.25, -0.2) is 0 Å². The molecule has 3 heteroatoms. The van der Waals surface area contributed by atoms with Crippen molar-refractivity contribution >= 4 is 20.7 Å². The van der Waals surface area contributed by atoms with Gasteiger partial charge >= 0.3 is 0 Å². The molecule has 1 aliphatic carbocycles. The number of nitrogens with one attached hydrogen (secondary N) is 1. The lowest BCUT2D eigenvalue weighted by Gasteiger charge is -2.27. The van der Waals surface area contributed by atoms with Crippen molar-refractivity contribution in [2.24, 2.45) is 0 Å². The number of hydrogen-bond donors (Lipinski definition) is 1. The van der Waals surface area contributed by atoms with Crippen molar-refractivity contribution in [3.8, 4) is 0 Å². The summed E-state index contributed by atoms with van der Waals surface area (Å²) in [6.45, 7) is 4.96. The maximum absolute atomic E-state index is 11.0. The van der Waals surface area contributed by atoms with E-state index in [4.69, 9.17) is 0 Å². The predicted octanol–water partition coefficient (Wildman–Crippen LogP) is 5.12. The molecule has 2 rings (SSSR count). The van der Waals surface area contributed by atoms with Gasteiger partial charge in [0.15, 0.2) is 0 Å². The van der Waals surface area contributed by atoms with Gasteiger partial charge in [-0.2, -0.15) is 0 Å². The molecular formula is C17H24BrNO. The normalized spacial score (nSPS) is 16.9. The number of benzene rings is 1. The topological polar surface area (TPSA) is 29.1 Å². The summed E-state index contributed by atoms with van der Waals surface area (Å²) in [5.41, 5.74) is 2.71. The van der Waals surface area contributed by atoms with Crippen molar-refractivity contribution < 1.29 is 4.79 Å². The van der Waals surface area contributed by atoms with E-state index in [-0.39, 0.29) is 10.2 Å². The van der Waals surface area contributed by atoms with Gasteiger partial charge in [-0.05, 0) is 29.9 Å². The molecule has 1 aromatic rings. The average molecular weight is 338 g/mol. The lowest BCUT2D eigenvalue weighted by molar-refractivity contribution is 0.259. The van der Waals surface area contributed by atoms with Gasteiger partial charge in [0.2, 0.25) is 0 Å². The first-order chi connectivity index (χ1) is 9.49. The maximum atomic E-state index is 11.0. The highest BCUT2D eigenvalue weighted by atomic mass is 79.9. The Kier molecular flexibility index (Phi) is 5.25. The third kappa shape index (κ3) is 4.08. The molecule has 0 aromatic heterocycles. The monoisotopic (exact) mass is 337 g/mol. The summed E-state index contributed by atoms with van der Waals surface area (Å²) in [6, 6.07) is 9.01. The third-order valence-corrected chi connectivity index (χ3v) is 4.72. The van der Waals surface area contributed by atoms with Crippen LogP contribution in [0.1, 0.15) is 63.0 Å². The van der Waals surface area contributed by atoms with Crippen LogP contribution in [0, 0.1) is 0 Å². The molecule has 1 aliphatic rings. The predicted molar refractivity (Wildman–Crippen MR) is 87.6 cm³/mol. The largest absolute Gasteiger partial charge is 0.346 e. The van der Waals surface area contributed by atoms with Crippen molar-refractivity contribution in [1.82, 2.24) is 5.32 Å². The second kappa shape index (κ2) is 6.75. The molecule has 0 heterocycles. The summed E-state index contributed by atoms with van der Waals surface area (Å²) >= 11 is 2.91. The SMILES string of the molecule is CC(C)(CNC(=O)Br)c1ccc(C2CCCCC2)cc1. The molecule has 0 saturated heterocycles. The van der Waals surface area contributed by atoms with E-state index in [1.807, 2.05) is 0 Å². The molecule has 0 spiro atoms. The molecular weight excluding hydrogens is 314 g/mol. The van der Waals surface area contributed by atoms with Gasteiger partial charge < -0.3 is 5.32 Å². The highest BCUT2D eigenvalue weighted by Gasteiger charge is 2.22. The van der Waals surface area contributed by atoms with Crippen molar-refractivity contribution in [2.45, 2.75) is 57.3 Å². The Morgan fingerprint density at radius 3 is 2.35 bits per heavy atom. The van der Waals surface area contributed by atoms with Crippen LogP contribution in [0.4, 0.5) is 4.79 Å². The van der Waals surface area contributed by atoms with Crippen LogP contribution < -0.4 is 5.32 Å². The van der Waals surface area contributed by atoms with E-state index in [0.29, 0.717) is 6.54 Å². The van der Waals surface area contributed by atoms with Crippen molar-refractivity contribution in [3.05, 3.63) is 35.4 Å². The molecule has 20 heavy (non-hydrogen) atoms. The molecule has 0 atom stereocenters. The number of carbonyl (C=O) groups excluding carboxylic acids is 1. The molecule has 1 amide bonds. The van der Waals surface area contributed by atoms with Gasteiger partial charge in [0.1, 0.15) is 0 Å². The standard InChI is InChI=1S/C17H24BrNO/c1-17(2,12-19-16(18)20)15-10-8-14(9-11-15)13-6-4-3-5-7-13/h8-11,13H,3-7,12H2,1-2H3,(H,19,20). The molecule has 2 nitrogen and oxygen atoms in total. The van der Waals surface area contributed by atoms with Crippen LogP contribution >= 0.6 is 15.9 Å². The maximum Gasteiger partial charge on any atom is 0.287 e. The van der Waals surface area contributed by atoms with Crippen molar-refractivity contribution in [1.29, 1.82) is 0 Å². The van der Waals surface area contributed by atoms with E-state index in [2.05, 4.69) is 59.4 Å². The zero-order valence-electron chi connectivity index (χ0n) is 12.4. The van der Waals surface area contributed by atoms with E-state index in [1.54, 1.807) is 0 Å². The summed E-state index contributed by atoms with van der Waals surface area (Å²) in [7, 11) is 0. The second-order valence-electron chi connectivity index (χ2n) is 6.47. The quantitative estimate of drug-likeness (QED) is 0.599. The number of amides is 1. The zero-order chi connectivity index (χ0) is 14.6. The molecule has 1 N–H and O–H groups in total. The molecule has 110 valence electrons. The Morgan fingerprint density at radius 1 is 1.20 bits per heavy atom. The van der Waals surface area contributed by atoms with Crippen LogP contribution in [0.15, 0.2) is 24.3 Å². The second-order valence-corrected chi connectivity index (χ2v) is 7.19. The summed E-state index contributed by atoms with van der Waals surface area (Å²) in [5, 5.41) is 2.84. The minimum atomic E-state index is -0.149. The Hall–Kier alpha value is -0.830. The van der Waals surface area contributed by atoms with Crippen LogP contribution in [-0.2, 0) is 5.41 Å². The number of halogens is 1. The van der Waals surface area contributed by atoms with E-state index in [0.717, 1.165) is 5.92 Å². The molecule has 0 radical (unpaired) electrons. The van der Waals surface area contributed by atoms with E-state index in [9.17, 15) is 4.79 Å². The van der Waals surface area contributed by atoms with Crippen LogP contribution in [-0.4, -0.2) is 11.4 Å². The molecule has 0 aliphatic heterocycles. The van der Waals surface area contributed by atoms with Crippen molar-refractivity contribution in [3.63, 3.8) is 0 Å². The number of carbonyl (C=O) groups is 1. The summed E-state index contributed by atoms with van der Waals surface area (Å²) in [5.74, 6) is 0.753. The molecule has 1 aromatic carbocycles. The Balaban J connectivity index is 2.04. The molecule has 1 fully saturated rings. The van der Waals surface area contributed by atoms with Crippen LogP contribution in [0.25, 0.3) is 0 Å². The smallest absolute Gasteiger partial charge is 0.287 e. The van der Waals surface area contributed by atoms with Gasteiger partial charge in [0.25, 0.3) is 4.82 Å². The minimum absolute atomic E-state index is 0.0471. The first-order valence-corrected chi connectivity index (χ1v) is 8.32.